The van der Waals surface area contributed by atoms with Crippen molar-refractivity contribution < 1.29 is 0 Å². The molecule has 1 aromatic rings. The molecule has 1 nitrogen and oxygen atoms in total. The fourth-order valence-electron chi connectivity index (χ4n) is 3.73. The minimum atomic E-state index is 0.860. The summed E-state index contributed by atoms with van der Waals surface area (Å²) in [6, 6.07) is 9.18. The number of fused-ring (bicyclic) bond motifs is 1. The second-order valence-electron chi connectivity index (χ2n) is 6.15. The van der Waals surface area contributed by atoms with Crippen molar-refractivity contribution in [1.82, 2.24) is 4.90 Å². The predicted octanol–water partition coefficient (Wildman–Crippen LogP) is 4.84. The molecule has 2 fully saturated rings. The Kier molecular flexibility index (Phi) is 5.30. The third kappa shape index (κ3) is 3.72. The fraction of sp³-hybridized carbons (Fsp3) is 0.647. The van der Waals surface area contributed by atoms with E-state index in [-0.39, 0.29) is 0 Å². The molecule has 110 valence electrons. The Labute approximate surface area is 132 Å². The van der Waals surface area contributed by atoms with Gasteiger partial charge < -0.3 is 4.90 Å². The number of rotatable bonds is 4. The number of thioether (sulfide) groups is 1. The first-order chi connectivity index (χ1) is 9.83. The van der Waals surface area contributed by atoms with Crippen LogP contribution in [0.4, 0.5) is 0 Å². The first kappa shape index (κ1) is 14.7. The van der Waals surface area contributed by atoms with Crippen LogP contribution in [0.1, 0.15) is 37.7 Å². The molecule has 1 aromatic carbocycles. The van der Waals surface area contributed by atoms with E-state index in [2.05, 4.69) is 34.9 Å². The molecule has 2 aliphatic heterocycles. The van der Waals surface area contributed by atoms with Crippen molar-refractivity contribution in [2.75, 3.05) is 18.8 Å². The average Bonchev–Trinajstić information content (AvgIpc) is 2.48. The van der Waals surface area contributed by atoms with Gasteiger partial charge in [-0.2, -0.15) is 11.8 Å². The summed E-state index contributed by atoms with van der Waals surface area (Å²) in [6.07, 6.45) is 7.13. The average molecular weight is 310 g/mol. The van der Waals surface area contributed by atoms with Gasteiger partial charge in [-0.3, -0.25) is 0 Å². The molecule has 0 unspecified atom stereocenters. The first-order valence-corrected chi connectivity index (χ1v) is 9.42. The van der Waals surface area contributed by atoms with Gasteiger partial charge in [0.25, 0.3) is 0 Å². The summed E-state index contributed by atoms with van der Waals surface area (Å²) in [6.45, 7) is 2.69. The Hall–Kier alpha value is -0.180. The lowest BCUT2D eigenvalue weighted by atomic mass is 9.85. The third-order valence-electron chi connectivity index (χ3n) is 4.72. The maximum atomic E-state index is 6.05. The van der Waals surface area contributed by atoms with Crippen molar-refractivity contribution in [1.29, 1.82) is 0 Å². The highest BCUT2D eigenvalue weighted by atomic mass is 35.5. The van der Waals surface area contributed by atoms with Gasteiger partial charge in [-0.1, -0.05) is 30.2 Å². The fourth-order valence-corrected chi connectivity index (χ4v) is 5.16. The van der Waals surface area contributed by atoms with E-state index >= 15 is 0 Å². The molecule has 0 aliphatic carbocycles. The summed E-state index contributed by atoms with van der Waals surface area (Å²) < 4.78 is 0. The molecule has 2 saturated heterocycles. The molecule has 20 heavy (non-hydrogen) atoms. The van der Waals surface area contributed by atoms with Crippen molar-refractivity contribution in [3.8, 4) is 0 Å². The SMILES string of the molecule is Clc1cccc(CSC[C@@H]2CCCN3CCCC[C@H]23)c1. The number of hydrogen-bond acceptors (Lipinski definition) is 2. The topological polar surface area (TPSA) is 3.24 Å². The highest BCUT2D eigenvalue weighted by molar-refractivity contribution is 7.98. The van der Waals surface area contributed by atoms with Crippen LogP contribution in [0, 0.1) is 5.92 Å². The van der Waals surface area contributed by atoms with E-state index in [1.807, 2.05) is 6.07 Å². The minimum absolute atomic E-state index is 0.860. The van der Waals surface area contributed by atoms with Gasteiger partial charge in [0.1, 0.15) is 0 Å². The summed E-state index contributed by atoms with van der Waals surface area (Å²) in [5.41, 5.74) is 1.36. The summed E-state index contributed by atoms with van der Waals surface area (Å²) in [4.78, 5) is 2.76. The zero-order chi connectivity index (χ0) is 13.8. The number of nitrogens with zero attached hydrogens (tertiary/aromatic N) is 1. The van der Waals surface area contributed by atoms with Crippen molar-refractivity contribution in [2.45, 2.75) is 43.9 Å². The summed E-state index contributed by atoms with van der Waals surface area (Å²) in [7, 11) is 0. The number of piperidine rings is 2. The van der Waals surface area contributed by atoms with Gasteiger partial charge in [0.05, 0.1) is 0 Å². The number of benzene rings is 1. The van der Waals surface area contributed by atoms with Crippen molar-refractivity contribution in [2.24, 2.45) is 5.92 Å². The van der Waals surface area contributed by atoms with E-state index in [9.17, 15) is 0 Å². The molecular formula is C17H24ClNS. The van der Waals surface area contributed by atoms with Crippen LogP contribution in [0.2, 0.25) is 5.02 Å². The largest absolute Gasteiger partial charge is 0.300 e. The van der Waals surface area contributed by atoms with Gasteiger partial charge >= 0.3 is 0 Å². The highest BCUT2D eigenvalue weighted by Crippen LogP contribution is 2.33. The molecule has 2 aliphatic rings. The minimum Gasteiger partial charge on any atom is -0.300 e. The molecule has 3 heteroatoms. The maximum absolute atomic E-state index is 6.05. The molecule has 0 amide bonds. The van der Waals surface area contributed by atoms with Crippen LogP contribution in [0.5, 0.6) is 0 Å². The highest BCUT2D eigenvalue weighted by Gasteiger charge is 2.32. The van der Waals surface area contributed by atoms with Crippen LogP contribution < -0.4 is 0 Å². The standard InChI is InChI=1S/C17H24ClNS/c18-16-7-3-5-14(11-16)12-20-13-15-6-4-10-19-9-2-1-8-17(15)19/h3,5,7,11,15,17H,1-2,4,6,8-10,12-13H2/t15-,17+/m0/s1. The Morgan fingerprint density at radius 3 is 2.95 bits per heavy atom. The van der Waals surface area contributed by atoms with Gasteiger partial charge in [-0.15, -0.1) is 0 Å². The molecule has 0 bridgehead atoms. The Morgan fingerprint density at radius 1 is 1.15 bits per heavy atom. The summed E-state index contributed by atoms with van der Waals surface area (Å²) in [5.74, 6) is 3.32. The lowest BCUT2D eigenvalue weighted by Gasteiger charge is -2.44. The van der Waals surface area contributed by atoms with Crippen molar-refractivity contribution >= 4 is 23.4 Å². The number of halogens is 1. The van der Waals surface area contributed by atoms with E-state index in [0.29, 0.717) is 0 Å². The monoisotopic (exact) mass is 309 g/mol. The molecule has 3 rings (SSSR count). The molecular weight excluding hydrogens is 286 g/mol. The Morgan fingerprint density at radius 2 is 2.05 bits per heavy atom. The molecule has 0 spiro atoms. The third-order valence-corrected chi connectivity index (χ3v) is 6.15. The van der Waals surface area contributed by atoms with E-state index in [4.69, 9.17) is 11.6 Å². The van der Waals surface area contributed by atoms with E-state index in [1.54, 1.807) is 0 Å². The lowest BCUT2D eigenvalue weighted by Crippen LogP contribution is -2.48. The predicted molar refractivity (Wildman–Crippen MR) is 89.6 cm³/mol. The Balaban J connectivity index is 1.50. The Bertz CT molecular complexity index is 435. The maximum Gasteiger partial charge on any atom is 0.0409 e. The first-order valence-electron chi connectivity index (χ1n) is 7.89. The van der Waals surface area contributed by atoms with Gasteiger partial charge in [0, 0.05) is 16.8 Å². The molecule has 0 aromatic heterocycles. The van der Waals surface area contributed by atoms with Crippen molar-refractivity contribution in [3.63, 3.8) is 0 Å². The smallest absolute Gasteiger partial charge is 0.0409 e. The van der Waals surface area contributed by atoms with Crippen molar-refractivity contribution in [3.05, 3.63) is 34.9 Å². The van der Waals surface area contributed by atoms with E-state index in [1.165, 1.54) is 56.5 Å². The zero-order valence-corrected chi connectivity index (χ0v) is 13.6. The van der Waals surface area contributed by atoms with Crippen LogP contribution in [-0.2, 0) is 5.75 Å². The molecule has 2 heterocycles. The van der Waals surface area contributed by atoms with Gasteiger partial charge in [-0.05, 0) is 68.1 Å². The van der Waals surface area contributed by atoms with Crippen LogP contribution >= 0.6 is 23.4 Å². The molecule has 0 saturated carbocycles. The van der Waals surface area contributed by atoms with Gasteiger partial charge in [0.2, 0.25) is 0 Å². The zero-order valence-electron chi connectivity index (χ0n) is 12.1. The molecule has 2 atom stereocenters. The van der Waals surface area contributed by atoms with E-state index in [0.717, 1.165) is 22.7 Å². The van der Waals surface area contributed by atoms with Crippen LogP contribution in [-0.4, -0.2) is 29.8 Å². The van der Waals surface area contributed by atoms with Crippen LogP contribution in [0.3, 0.4) is 0 Å². The molecule has 0 radical (unpaired) electrons. The second-order valence-corrected chi connectivity index (χ2v) is 7.61. The normalized spacial score (nSPS) is 27.2. The van der Waals surface area contributed by atoms with E-state index < -0.39 is 0 Å². The molecule has 0 N–H and O–H groups in total. The van der Waals surface area contributed by atoms with Crippen LogP contribution in [0.25, 0.3) is 0 Å². The summed E-state index contributed by atoms with van der Waals surface area (Å²) in [5, 5.41) is 0.860. The van der Waals surface area contributed by atoms with Gasteiger partial charge in [0.15, 0.2) is 0 Å². The lowest BCUT2D eigenvalue weighted by molar-refractivity contribution is 0.0693. The van der Waals surface area contributed by atoms with Crippen LogP contribution in [0.15, 0.2) is 24.3 Å². The quantitative estimate of drug-likeness (QED) is 0.783. The second kappa shape index (κ2) is 7.20. The van der Waals surface area contributed by atoms with Gasteiger partial charge in [-0.25, -0.2) is 0 Å². The number of hydrogen-bond donors (Lipinski definition) is 0. The summed E-state index contributed by atoms with van der Waals surface area (Å²) >= 11 is 8.14.